The SMILES string of the molecule is CC1(C)c2sc(=O)[nH]c2S[C@@H]2[C@H]3C[C@@H]([C@H]4C(=O)N(CCC(=O)O)C(=O)[C@@H]34)[C@H]21. The van der Waals surface area contributed by atoms with E-state index in [4.69, 9.17) is 5.11 Å². The maximum atomic E-state index is 13.0. The van der Waals surface area contributed by atoms with Crippen LogP contribution in [0.1, 0.15) is 31.6 Å². The van der Waals surface area contributed by atoms with Gasteiger partial charge in [0.2, 0.25) is 11.8 Å². The van der Waals surface area contributed by atoms with Crippen LogP contribution in [0.5, 0.6) is 0 Å². The van der Waals surface area contributed by atoms with Crippen LogP contribution in [-0.2, 0) is 19.8 Å². The van der Waals surface area contributed by atoms with Gasteiger partial charge in [0.1, 0.15) is 0 Å². The second-order valence-corrected chi connectivity index (χ2v) is 10.8. The molecule has 1 aromatic heterocycles. The topological polar surface area (TPSA) is 108 Å². The molecular weight excluding hydrogens is 388 g/mol. The van der Waals surface area contributed by atoms with E-state index in [1.54, 1.807) is 11.8 Å². The fourth-order valence-corrected chi connectivity index (χ4v) is 9.30. The monoisotopic (exact) mass is 408 g/mol. The van der Waals surface area contributed by atoms with Gasteiger partial charge in [0, 0.05) is 22.1 Å². The Balaban J connectivity index is 1.51. The number of aliphatic carboxylic acids is 1. The Morgan fingerprint density at radius 1 is 1.22 bits per heavy atom. The molecule has 144 valence electrons. The summed E-state index contributed by atoms with van der Waals surface area (Å²) in [7, 11) is 0. The van der Waals surface area contributed by atoms with Crippen LogP contribution in [0, 0.1) is 29.6 Å². The number of hydrogen-bond donors (Lipinski definition) is 2. The van der Waals surface area contributed by atoms with Gasteiger partial charge in [-0.2, -0.15) is 0 Å². The molecule has 0 spiro atoms. The minimum absolute atomic E-state index is 0.0357. The summed E-state index contributed by atoms with van der Waals surface area (Å²) < 4.78 is 0. The Morgan fingerprint density at radius 3 is 2.56 bits per heavy atom. The van der Waals surface area contributed by atoms with Gasteiger partial charge in [-0.3, -0.25) is 24.1 Å². The number of carboxylic acid groups (broad SMARTS) is 1. The fraction of sp³-hybridized carbons (Fsp3) is 0.667. The van der Waals surface area contributed by atoms with Gasteiger partial charge in [0.05, 0.1) is 23.3 Å². The van der Waals surface area contributed by atoms with Gasteiger partial charge < -0.3 is 10.1 Å². The zero-order chi connectivity index (χ0) is 19.2. The van der Waals surface area contributed by atoms with Crippen molar-refractivity contribution in [1.82, 2.24) is 9.88 Å². The molecular formula is C18H20N2O5S2. The van der Waals surface area contributed by atoms with Crippen LogP contribution in [0.3, 0.4) is 0 Å². The van der Waals surface area contributed by atoms with Crippen molar-refractivity contribution in [3.05, 3.63) is 14.5 Å². The molecule has 1 saturated heterocycles. The highest BCUT2D eigenvalue weighted by Crippen LogP contribution is 2.68. The van der Waals surface area contributed by atoms with Gasteiger partial charge in [-0.15, -0.1) is 11.8 Å². The van der Waals surface area contributed by atoms with Gasteiger partial charge in [0.25, 0.3) is 0 Å². The van der Waals surface area contributed by atoms with Gasteiger partial charge in [0.15, 0.2) is 0 Å². The minimum Gasteiger partial charge on any atom is -0.481 e. The molecule has 2 N–H and O–H groups in total. The lowest BCUT2D eigenvalue weighted by molar-refractivity contribution is -0.142. The largest absolute Gasteiger partial charge is 0.481 e. The number of thioether (sulfide) groups is 1. The number of thiazole rings is 1. The van der Waals surface area contributed by atoms with Crippen LogP contribution < -0.4 is 4.87 Å². The highest BCUT2D eigenvalue weighted by Gasteiger charge is 2.70. The molecule has 2 aliphatic carbocycles. The summed E-state index contributed by atoms with van der Waals surface area (Å²) in [5, 5.41) is 10.0. The molecule has 0 aromatic carbocycles. The molecule has 2 amide bonds. The van der Waals surface area contributed by atoms with E-state index in [0.717, 1.165) is 16.3 Å². The lowest BCUT2D eigenvalue weighted by Gasteiger charge is -2.47. The second kappa shape index (κ2) is 5.47. The van der Waals surface area contributed by atoms with Crippen LogP contribution in [0.4, 0.5) is 0 Å². The zero-order valence-electron chi connectivity index (χ0n) is 14.9. The third kappa shape index (κ3) is 2.15. The van der Waals surface area contributed by atoms with Gasteiger partial charge >= 0.3 is 10.8 Å². The first-order chi connectivity index (χ1) is 12.7. The molecule has 2 bridgehead atoms. The number of imide groups is 1. The van der Waals surface area contributed by atoms with Crippen molar-refractivity contribution in [1.29, 1.82) is 0 Å². The van der Waals surface area contributed by atoms with Gasteiger partial charge in [-0.05, 0) is 24.2 Å². The number of hydrogen-bond acceptors (Lipinski definition) is 6. The number of likely N-dealkylation sites (tertiary alicyclic amines) is 1. The van der Waals surface area contributed by atoms with E-state index in [0.29, 0.717) is 0 Å². The second-order valence-electron chi connectivity index (χ2n) is 8.59. The van der Waals surface area contributed by atoms with E-state index >= 15 is 0 Å². The number of aromatic nitrogens is 1. The molecule has 27 heavy (non-hydrogen) atoms. The Bertz CT molecular complexity index is 934. The van der Waals surface area contributed by atoms with Crippen molar-refractivity contribution >= 4 is 40.9 Å². The van der Waals surface area contributed by atoms with E-state index in [2.05, 4.69) is 18.8 Å². The summed E-state index contributed by atoms with van der Waals surface area (Å²) in [6.45, 7) is 4.25. The number of carbonyl (C=O) groups excluding carboxylic acids is 2. The van der Waals surface area contributed by atoms with Crippen molar-refractivity contribution in [2.45, 2.75) is 42.4 Å². The number of nitrogens with one attached hydrogen (secondary N) is 1. The predicted octanol–water partition coefficient (Wildman–Crippen LogP) is 1.53. The summed E-state index contributed by atoms with van der Waals surface area (Å²) in [5.74, 6) is -1.58. The van der Waals surface area contributed by atoms with E-state index in [1.807, 2.05) is 0 Å². The molecule has 2 aliphatic heterocycles. The molecule has 3 heterocycles. The van der Waals surface area contributed by atoms with Crippen LogP contribution in [0.25, 0.3) is 0 Å². The van der Waals surface area contributed by atoms with Gasteiger partial charge in [-0.25, -0.2) is 0 Å². The molecule has 3 fully saturated rings. The molecule has 9 heteroatoms. The van der Waals surface area contributed by atoms with Crippen LogP contribution in [0.15, 0.2) is 9.82 Å². The van der Waals surface area contributed by atoms with Gasteiger partial charge in [-0.1, -0.05) is 25.2 Å². The highest BCUT2D eigenvalue weighted by molar-refractivity contribution is 8.00. The smallest absolute Gasteiger partial charge is 0.305 e. The Hall–Kier alpha value is -1.61. The van der Waals surface area contributed by atoms with Crippen LogP contribution in [-0.4, -0.2) is 44.6 Å². The Labute approximate surface area is 163 Å². The molecule has 6 atom stereocenters. The molecule has 0 unspecified atom stereocenters. The van der Waals surface area contributed by atoms with Crippen molar-refractivity contribution in [3.8, 4) is 0 Å². The van der Waals surface area contributed by atoms with E-state index in [9.17, 15) is 19.2 Å². The maximum Gasteiger partial charge on any atom is 0.305 e. The Kier molecular flexibility index (Phi) is 3.54. The first-order valence-electron chi connectivity index (χ1n) is 9.19. The first kappa shape index (κ1) is 17.5. The van der Waals surface area contributed by atoms with Crippen molar-refractivity contribution in [2.75, 3.05) is 6.54 Å². The average Bonchev–Trinajstić information content (AvgIpc) is 3.28. The third-order valence-electron chi connectivity index (χ3n) is 7.03. The molecule has 7 nitrogen and oxygen atoms in total. The number of carboxylic acids is 1. The van der Waals surface area contributed by atoms with Crippen LogP contribution in [0.2, 0.25) is 0 Å². The molecule has 5 rings (SSSR count). The number of rotatable bonds is 3. The molecule has 1 aromatic rings. The minimum atomic E-state index is -1.01. The van der Waals surface area contributed by atoms with E-state index < -0.39 is 5.97 Å². The summed E-state index contributed by atoms with van der Waals surface area (Å²) in [6.07, 6.45) is 0.655. The van der Waals surface area contributed by atoms with E-state index in [1.165, 1.54) is 16.2 Å². The van der Waals surface area contributed by atoms with Crippen molar-refractivity contribution in [3.63, 3.8) is 0 Å². The summed E-state index contributed by atoms with van der Waals surface area (Å²) in [6, 6.07) is 0. The van der Waals surface area contributed by atoms with Crippen LogP contribution >= 0.6 is 23.1 Å². The lowest BCUT2D eigenvalue weighted by atomic mass is 9.64. The number of H-pyrrole nitrogens is 1. The lowest BCUT2D eigenvalue weighted by Crippen LogP contribution is -2.48. The summed E-state index contributed by atoms with van der Waals surface area (Å²) in [5.41, 5.74) is -0.225. The number of amides is 2. The average molecular weight is 409 g/mol. The zero-order valence-corrected chi connectivity index (χ0v) is 16.6. The fourth-order valence-electron chi connectivity index (χ4n) is 6.14. The number of nitrogens with zero attached hydrogens (tertiary/aromatic N) is 1. The molecule has 0 radical (unpaired) electrons. The number of aromatic amines is 1. The molecule has 2 saturated carbocycles. The standard InChI is InChI=1S/C18H20N2O5S2/c1-18(2)11-6-5-7(12(11)26-14-13(18)27-17(25)19-14)10-9(6)15(23)20(16(10)24)4-3-8(21)22/h6-7,9-12H,3-5H2,1-2H3,(H,19,25)(H,21,22)/t6-,7-,9+,10-,11+,12+/m0/s1. The van der Waals surface area contributed by atoms with Crippen molar-refractivity contribution < 1.29 is 19.5 Å². The third-order valence-corrected chi connectivity index (χ3v) is 9.84. The summed E-state index contributed by atoms with van der Waals surface area (Å²) in [4.78, 5) is 53.8. The maximum absolute atomic E-state index is 13.0. The molecule has 4 aliphatic rings. The first-order valence-corrected chi connectivity index (χ1v) is 10.9. The quantitative estimate of drug-likeness (QED) is 0.735. The predicted molar refractivity (Wildman–Crippen MR) is 98.7 cm³/mol. The number of carbonyl (C=O) groups is 3. The van der Waals surface area contributed by atoms with E-state index in [-0.39, 0.29) is 69.9 Å². The van der Waals surface area contributed by atoms with Crippen molar-refractivity contribution in [2.24, 2.45) is 29.6 Å². The highest BCUT2D eigenvalue weighted by atomic mass is 32.2. The Morgan fingerprint density at radius 2 is 1.89 bits per heavy atom. The summed E-state index contributed by atoms with van der Waals surface area (Å²) >= 11 is 2.92. The number of fused-ring (bicyclic) bond motifs is 9. The normalized spacial score (nSPS) is 38.1.